The first kappa shape index (κ1) is 18.6. The van der Waals surface area contributed by atoms with Gasteiger partial charge in [0.25, 0.3) is 5.91 Å². The Morgan fingerprint density at radius 1 is 1.18 bits per heavy atom. The van der Waals surface area contributed by atoms with E-state index in [1.165, 1.54) is 18.2 Å². The van der Waals surface area contributed by atoms with Gasteiger partial charge in [-0.25, -0.2) is 13.1 Å². The molecule has 7 nitrogen and oxygen atoms in total. The molecule has 28 heavy (non-hydrogen) atoms. The number of likely N-dealkylation sites (tertiary alicyclic amines) is 1. The molecule has 1 N–H and O–H groups in total. The number of fused-ring (bicyclic) bond motifs is 1. The van der Waals surface area contributed by atoms with Crippen LogP contribution in [0, 0.1) is 6.92 Å². The van der Waals surface area contributed by atoms with E-state index in [0.717, 1.165) is 24.0 Å². The van der Waals surface area contributed by atoms with Gasteiger partial charge in [-0.2, -0.15) is 0 Å². The second-order valence-corrected chi connectivity index (χ2v) is 8.77. The highest BCUT2D eigenvalue weighted by Crippen LogP contribution is 2.24. The molecule has 0 atom stereocenters. The number of rotatable bonds is 5. The summed E-state index contributed by atoms with van der Waals surface area (Å²) in [5, 5.41) is 4.30. The first-order valence-electron chi connectivity index (χ1n) is 9.18. The molecule has 0 spiro atoms. The Hall–Kier alpha value is -2.71. The molecule has 8 heteroatoms. The van der Waals surface area contributed by atoms with Gasteiger partial charge in [-0.15, -0.1) is 0 Å². The van der Waals surface area contributed by atoms with Crippen molar-refractivity contribution in [3.63, 3.8) is 0 Å². The first-order chi connectivity index (χ1) is 13.4. The van der Waals surface area contributed by atoms with Gasteiger partial charge in [-0.1, -0.05) is 35.0 Å². The molecule has 4 rings (SSSR count). The molecule has 0 saturated carbocycles. The highest BCUT2D eigenvalue weighted by Gasteiger charge is 2.26. The zero-order chi connectivity index (χ0) is 19.7. The zero-order valence-corrected chi connectivity index (χ0v) is 16.3. The molecule has 0 unspecified atom stereocenters. The molecule has 2 aromatic carbocycles. The van der Waals surface area contributed by atoms with Crippen LogP contribution < -0.4 is 4.72 Å². The smallest absolute Gasteiger partial charge is 0.276 e. The lowest BCUT2D eigenvalue weighted by Crippen LogP contribution is -2.28. The average molecular weight is 399 g/mol. The predicted octanol–water partition coefficient (Wildman–Crippen LogP) is 2.85. The molecular weight excluding hydrogens is 378 g/mol. The van der Waals surface area contributed by atoms with Crippen LogP contribution in [0.5, 0.6) is 0 Å². The van der Waals surface area contributed by atoms with Crippen molar-refractivity contribution < 1.29 is 17.7 Å². The fourth-order valence-corrected chi connectivity index (χ4v) is 4.44. The van der Waals surface area contributed by atoms with E-state index in [4.69, 9.17) is 4.52 Å². The van der Waals surface area contributed by atoms with Crippen molar-refractivity contribution in [3.8, 4) is 0 Å². The average Bonchev–Trinajstić information content (AvgIpc) is 3.35. The maximum Gasteiger partial charge on any atom is 0.276 e. The molecule has 1 aliphatic rings. The van der Waals surface area contributed by atoms with E-state index < -0.39 is 10.0 Å². The van der Waals surface area contributed by atoms with Crippen LogP contribution >= 0.6 is 0 Å². The molecule has 1 fully saturated rings. The SMILES string of the molecule is Cc1cccc(CNS(=O)(=O)c2ccc3onc(C(=O)N4CCCC4)c3c2)c1. The molecule has 3 aromatic rings. The van der Waals surface area contributed by atoms with Gasteiger partial charge < -0.3 is 9.42 Å². The van der Waals surface area contributed by atoms with E-state index in [1.807, 2.05) is 31.2 Å². The fourth-order valence-electron chi connectivity index (χ4n) is 3.39. The van der Waals surface area contributed by atoms with Crippen molar-refractivity contribution in [1.82, 2.24) is 14.8 Å². The van der Waals surface area contributed by atoms with Gasteiger partial charge in [0.05, 0.1) is 10.3 Å². The summed E-state index contributed by atoms with van der Waals surface area (Å²) >= 11 is 0. The Morgan fingerprint density at radius 3 is 2.71 bits per heavy atom. The monoisotopic (exact) mass is 399 g/mol. The van der Waals surface area contributed by atoms with Gasteiger partial charge in [0.15, 0.2) is 11.3 Å². The molecular formula is C20H21N3O4S. The maximum absolute atomic E-state index is 12.7. The zero-order valence-electron chi connectivity index (χ0n) is 15.5. The minimum atomic E-state index is -3.75. The maximum atomic E-state index is 12.7. The van der Waals surface area contributed by atoms with Gasteiger partial charge in [-0.05, 0) is 43.5 Å². The standard InChI is InChI=1S/C20H21N3O4S/c1-14-5-4-6-15(11-14)13-21-28(25,26)16-7-8-18-17(12-16)19(22-27-18)20(24)23-9-2-3-10-23/h4-8,11-12,21H,2-3,9-10,13H2,1H3. The Labute approximate surface area is 163 Å². The van der Waals surface area contributed by atoms with Crippen LogP contribution in [-0.2, 0) is 16.6 Å². The number of amides is 1. The number of nitrogens with zero attached hydrogens (tertiary/aromatic N) is 2. The van der Waals surface area contributed by atoms with E-state index in [-0.39, 0.29) is 23.0 Å². The molecule has 1 saturated heterocycles. The normalized spacial score (nSPS) is 14.7. The summed E-state index contributed by atoms with van der Waals surface area (Å²) in [5.74, 6) is -0.224. The first-order valence-corrected chi connectivity index (χ1v) is 10.7. The molecule has 0 aliphatic carbocycles. The molecule has 1 amide bonds. The molecule has 0 radical (unpaired) electrons. The minimum absolute atomic E-state index is 0.0753. The van der Waals surface area contributed by atoms with Gasteiger partial charge >= 0.3 is 0 Å². The third-order valence-electron chi connectivity index (χ3n) is 4.90. The lowest BCUT2D eigenvalue weighted by molar-refractivity contribution is 0.0784. The molecule has 0 bridgehead atoms. The number of benzene rings is 2. The van der Waals surface area contributed by atoms with Crippen molar-refractivity contribution in [2.45, 2.75) is 31.2 Å². The number of sulfonamides is 1. The van der Waals surface area contributed by atoms with Crippen molar-refractivity contribution in [3.05, 3.63) is 59.3 Å². The summed E-state index contributed by atoms with van der Waals surface area (Å²) in [4.78, 5) is 14.5. The van der Waals surface area contributed by atoms with E-state index >= 15 is 0 Å². The second-order valence-electron chi connectivity index (χ2n) is 7.00. The Morgan fingerprint density at radius 2 is 1.96 bits per heavy atom. The van der Waals surface area contributed by atoms with E-state index in [1.54, 1.807) is 4.90 Å². The number of aromatic nitrogens is 1. The van der Waals surface area contributed by atoms with Crippen LogP contribution in [0.15, 0.2) is 51.9 Å². The molecule has 1 aromatic heterocycles. The Balaban J connectivity index is 1.61. The van der Waals surface area contributed by atoms with Crippen molar-refractivity contribution in [1.29, 1.82) is 0 Å². The van der Waals surface area contributed by atoms with Gasteiger partial charge in [0, 0.05) is 19.6 Å². The van der Waals surface area contributed by atoms with Crippen LogP contribution in [-0.4, -0.2) is 37.5 Å². The van der Waals surface area contributed by atoms with E-state index in [0.29, 0.717) is 24.1 Å². The fraction of sp³-hybridized carbons (Fsp3) is 0.300. The highest BCUT2D eigenvalue weighted by atomic mass is 32.2. The lowest BCUT2D eigenvalue weighted by atomic mass is 10.1. The summed E-state index contributed by atoms with van der Waals surface area (Å²) in [6.07, 6.45) is 1.92. The second kappa shape index (κ2) is 7.37. The van der Waals surface area contributed by atoms with Crippen LogP contribution in [0.3, 0.4) is 0 Å². The minimum Gasteiger partial charge on any atom is -0.355 e. The number of aryl methyl sites for hydroxylation is 1. The summed E-state index contributed by atoms with van der Waals surface area (Å²) in [5.41, 5.74) is 2.49. The van der Waals surface area contributed by atoms with Crippen LogP contribution in [0.1, 0.15) is 34.5 Å². The number of hydrogen-bond donors (Lipinski definition) is 1. The van der Waals surface area contributed by atoms with Gasteiger partial charge in [0.1, 0.15) is 0 Å². The highest BCUT2D eigenvalue weighted by molar-refractivity contribution is 7.89. The molecule has 1 aliphatic heterocycles. The topological polar surface area (TPSA) is 92.5 Å². The van der Waals surface area contributed by atoms with Crippen LogP contribution in [0.25, 0.3) is 11.0 Å². The Bertz CT molecular complexity index is 1130. The summed E-state index contributed by atoms with van der Waals surface area (Å²) in [7, 11) is -3.75. The van der Waals surface area contributed by atoms with Crippen LogP contribution in [0.2, 0.25) is 0 Å². The third kappa shape index (κ3) is 3.65. The molecule has 146 valence electrons. The van der Waals surface area contributed by atoms with Crippen molar-refractivity contribution in [2.24, 2.45) is 0 Å². The predicted molar refractivity (Wildman–Crippen MR) is 104 cm³/mol. The van der Waals surface area contributed by atoms with Gasteiger partial charge in [0.2, 0.25) is 10.0 Å². The largest absolute Gasteiger partial charge is 0.355 e. The lowest BCUT2D eigenvalue weighted by Gasteiger charge is -2.13. The number of carbonyl (C=O) groups is 1. The number of nitrogens with one attached hydrogen (secondary N) is 1. The summed E-state index contributed by atoms with van der Waals surface area (Å²) in [6.45, 7) is 3.51. The van der Waals surface area contributed by atoms with Crippen molar-refractivity contribution in [2.75, 3.05) is 13.1 Å². The number of carbonyl (C=O) groups excluding carboxylic acids is 1. The molecule has 2 heterocycles. The third-order valence-corrected chi connectivity index (χ3v) is 6.30. The summed E-state index contributed by atoms with van der Waals surface area (Å²) in [6, 6.07) is 12.1. The van der Waals surface area contributed by atoms with E-state index in [9.17, 15) is 13.2 Å². The van der Waals surface area contributed by atoms with Gasteiger partial charge in [-0.3, -0.25) is 4.79 Å². The summed E-state index contributed by atoms with van der Waals surface area (Å²) < 4.78 is 33.3. The number of hydrogen-bond acceptors (Lipinski definition) is 5. The van der Waals surface area contributed by atoms with Crippen molar-refractivity contribution >= 4 is 26.9 Å². The Kier molecular flexibility index (Phi) is 4.91. The van der Waals surface area contributed by atoms with Crippen LogP contribution in [0.4, 0.5) is 0 Å². The quantitative estimate of drug-likeness (QED) is 0.712. The van der Waals surface area contributed by atoms with E-state index in [2.05, 4.69) is 9.88 Å².